The highest BCUT2D eigenvalue weighted by atomic mass is 16.3. The number of nitrogens with zero attached hydrogens (tertiary/aromatic N) is 1. The van der Waals surface area contributed by atoms with Crippen molar-refractivity contribution in [3.05, 3.63) is 36.1 Å². The van der Waals surface area contributed by atoms with Crippen LogP contribution in [0.15, 0.2) is 34.7 Å². The highest BCUT2D eigenvalue weighted by molar-refractivity contribution is 6.00. The van der Waals surface area contributed by atoms with Crippen molar-refractivity contribution in [2.45, 2.75) is 83.3 Å². The monoisotopic (exact) mass is 481 g/mol. The van der Waals surface area contributed by atoms with Gasteiger partial charge in [0.1, 0.15) is 11.6 Å². The summed E-state index contributed by atoms with van der Waals surface area (Å²) in [5, 5.41) is 6.41. The van der Waals surface area contributed by atoms with Gasteiger partial charge in [-0.25, -0.2) is 0 Å². The maximum absolute atomic E-state index is 13.2. The van der Waals surface area contributed by atoms with E-state index in [0.29, 0.717) is 12.0 Å². The molecule has 0 radical (unpaired) electrons. The Bertz CT molecular complexity index is 1050. The Kier molecular flexibility index (Phi) is 7.88. The fourth-order valence-electron chi connectivity index (χ4n) is 5.12. The molecule has 2 N–H and O–H groups in total. The van der Waals surface area contributed by atoms with Gasteiger partial charge in [-0.1, -0.05) is 51.3 Å². The Balaban J connectivity index is 1.42. The highest BCUT2D eigenvalue weighted by Gasteiger charge is 2.35. The molecule has 2 heterocycles. The van der Waals surface area contributed by atoms with Crippen LogP contribution in [-0.4, -0.2) is 53.1 Å². The molecule has 4 rings (SSSR count). The van der Waals surface area contributed by atoms with Gasteiger partial charge in [0, 0.05) is 17.8 Å². The van der Waals surface area contributed by atoms with Crippen LogP contribution >= 0.6 is 0 Å². The molecule has 1 aromatic carbocycles. The van der Waals surface area contributed by atoms with Gasteiger partial charge in [-0.15, -0.1) is 0 Å². The molecule has 0 spiro atoms. The van der Waals surface area contributed by atoms with Gasteiger partial charge in [-0.05, 0) is 43.7 Å². The molecule has 1 aliphatic carbocycles. The average molecular weight is 482 g/mol. The smallest absolute Gasteiger partial charge is 0.287 e. The lowest BCUT2D eigenvalue weighted by Gasteiger charge is -2.33. The molecule has 2 aromatic rings. The quantitative estimate of drug-likeness (QED) is 0.628. The molecule has 8 heteroatoms. The number of amides is 3. The van der Waals surface area contributed by atoms with E-state index in [9.17, 15) is 19.2 Å². The normalized spacial score (nSPS) is 20.7. The number of para-hydroxylation sites is 1. The van der Waals surface area contributed by atoms with Gasteiger partial charge in [0.2, 0.25) is 11.8 Å². The highest BCUT2D eigenvalue weighted by Crippen LogP contribution is 2.25. The third-order valence-electron chi connectivity index (χ3n) is 6.99. The molecule has 1 saturated carbocycles. The molecule has 188 valence electrons. The molecule has 2 atom stereocenters. The van der Waals surface area contributed by atoms with Gasteiger partial charge < -0.3 is 20.0 Å². The summed E-state index contributed by atoms with van der Waals surface area (Å²) in [6, 6.07) is 7.52. The summed E-state index contributed by atoms with van der Waals surface area (Å²) in [6.45, 7) is 3.96. The van der Waals surface area contributed by atoms with Crippen LogP contribution in [0.4, 0.5) is 0 Å². The zero-order chi connectivity index (χ0) is 24.9. The van der Waals surface area contributed by atoms with Gasteiger partial charge in [0.05, 0.1) is 12.6 Å². The lowest BCUT2D eigenvalue weighted by atomic mass is 9.94. The summed E-state index contributed by atoms with van der Waals surface area (Å²) in [5.41, 5.74) is 0.596. The number of rotatable bonds is 7. The first-order valence-corrected chi connectivity index (χ1v) is 12.7. The second-order valence-corrected chi connectivity index (χ2v) is 10.2. The number of hydrogen-bond donors (Lipinski definition) is 2. The number of carbonyl (C=O) groups excluding carboxylic acids is 4. The Morgan fingerprint density at radius 2 is 1.83 bits per heavy atom. The van der Waals surface area contributed by atoms with Gasteiger partial charge in [0.15, 0.2) is 11.5 Å². The van der Waals surface area contributed by atoms with Gasteiger partial charge in [-0.3, -0.25) is 19.2 Å². The van der Waals surface area contributed by atoms with Crippen molar-refractivity contribution in [1.82, 2.24) is 15.5 Å². The number of likely N-dealkylation sites (tertiary alicyclic amines) is 1. The molecule has 1 aromatic heterocycles. The van der Waals surface area contributed by atoms with Crippen LogP contribution in [0.25, 0.3) is 11.0 Å². The van der Waals surface area contributed by atoms with Crippen molar-refractivity contribution in [2.75, 3.05) is 6.54 Å². The van der Waals surface area contributed by atoms with Crippen LogP contribution in [0.3, 0.4) is 0 Å². The third-order valence-corrected chi connectivity index (χ3v) is 6.99. The summed E-state index contributed by atoms with van der Waals surface area (Å²) in [4.78, 5) is 53.6. The van der Waals surface area contributed by atoms with Crippen LogP contribution < -0.4 is 10.6 Å². The second-order valence-electron chi connectivity index (χ2n) is 10.2. The van der Waals surface area contributed by atoms with Crippen molar-refractivity contribution in [3.63, 3.8) is 0 Å². The first-order chi connectivity index (χ1) is 16.8. The minimum atomic E-state index is -0.822. The van der Waals surface area contributed by atoms with E-state index in [1.54, 1.807) is 17.0 Å². The van der Waals surface area contributed by atoms with Crippen molar-refractivity contribution < 1.29 is 23.6 Å². The minimum Gasteiger partial charge on any atom is -0.451 e. The molecule has 0 bridgehead atoms. The fourth-order valence-corrected chi connectivity index (χ4v) is 5.12. The van der Waals surface area contributed by atoms with Crippen molar-refractivity contribution in [2.24, 2.45) is 5.92 Å². The number of nitrogens with one attached hydrogen (secondary N) is 2. The van der Waals surface area contributed by atoms with Crippen LogP contribution in [0.2, 0.25) is 0 Å². The summed E-state index contributed by atoms with van der Waals surface area (Å²) in [5.74, 6) is -0.796. The first-order valence-electron chi connectivity index (χ1n) is 12.7. The van der Waals surface area contributed by atoms with E-state index in [4.69, 9.17) is 4.42 Å². The molecule has 1 saturated heterocycles. The number of furan rings is 1. The van der Waals surface area contributed by atoms with E-state index < -0.39 is 23.9 Å². The van der Waals surface area contributed by atoms with Crippen LogP contribution in [0.1, 0.15) is 75.8 Å². The Hall–Kier alpha value is -3.16. The lowest BCUT2D eigenvalue weighted by molar-refractivity contribution is -0.136. The van der Waals surface area contributed by atoms with Crippen molar-refractivity contribution in [1.29, 1.82) is 0 Å². The predicted molar refractivity (Wildman–Crippen MR) is 132 cm³/mol. The zero-order valence-electron chi connectivity index (χ0n) is 20.5. The molecule has 35 heavy (non-hydrogen) atoms. The van der Waals surface area contributed by atoms with E-state index in [-0.39, 0.29) is 48.8 Å². The maximum atomic E-state index is 13.2. The molecule has 2 fully saturated rings. The topological polar surface area (TPSA) is 109 Å². The molecular formula is C27H35N3O5. The van der Waals surface area contributed by atoms with E-state index in [0.717, 1.165) is 31.1 Å². The molecule has 8 nitrogen and oxygen atoms in total. The zero-order valence-corrected chi connectivity index (χ0v) is 20.5. The molecular weight excluding hydrogens is 446 g/mol. The summed E-state index contributed by atoms with van der Waals surface area (Å²) in [7, 11) is 0. The third kappa shape index (κ3) is 6.10. The van der Waals surface area contributed by atoms with Crippen molar-refractivity contribution >= 4 is 34.5 Å². The molecule has 1 aliphatic heterocycles. The Labute approximate surface area is 205 Å². The van der Waals surface area contributed by atoms with Gasteiger partial charge >= 0.3 is 0 Å². The van der Waals surface area contributed by atoms with Gasteiger partial charge in [0.25, 0.3) is 5.91 Å². The number of carbonyl (C=O) groups is 4. The standard InChI is InChI=1S/C27H35N3O5/c1-17(2)14-21(29-27(34)24-15-18-8-6-7-11-23(18)35-24)26(33)28-20-12-13-25(32)30(16-22(20)31)19-9-4-3-5-10-19/h6-8,11,15,17,19-21H,3-5,9-10,12-14,16H2,1-2H3,(H,28,33)(H,29,34)/t20-,21-/m0/s1. The summed E-state index contributed by atoms with van der Waals surface area (Å²) in [6.07, 6.45) is 6.09. The largest absolute Gasteiger partial charge is 0.451 e. The Morgan fingerprint density at radius 1 is 1.09 bits per heavy atom. The van der Waals surface area contributed by atoms with Crippen LogP contribution in [0.5, 0.6) is 0 Å². The van der Waals surface area contributed by atoms with Crippen molar-refractivity contribution in [3.8, 4) is 0 Å². The minimum absolute atomic E-state index is 0.0149. The van der Waals surface area contributed by atoms with Crippen LogP contribution in [0, 0.1) is 5.92 Å². The predicted octanol–water partition coefficient (Wildman–Crippen LogP) is 3.59. The van der Waals surface area contributed by atoms with E-state index >= 15 is 0 Å². The summed E-state index contributed by atoms with van der Waals surface area (Å²) >= 11 is 0. The van der Waals surface area contributed by atoms with E-state index in [1.165, 1.54) is 6.42 Å². The number of ketones is 1. The summed E-state index contributed by atoms with van der Waals surface area (Å²) < 4.78 is 5.64. The van der Waals surface area contributed by atoms with E-state index in [1.807, 2.05) is 32.0 Å². The Morgan fingerprint density at radius 3 is 2.54 bits per heavy atom. The molecule has 2 aliphatic rings. The maximum Gasteiger partial charge on any atom is 0.287 e. The fraction of sp³-hybridized carbons (Fsp3) is 0.556. The number of Topliss-reactive ketones (excluding diaryl/α,β-unsaturated/α-hetero) is 1. The number of fused-ring (bicyclic) bond motifs is 1. The first kappa shape index (κ1) is 24.9. The molecule has 0 unspecified atom stereocenters. The van der Waals surface area contributed by atoms with Crippen LogP contribution in [-0.2, 0) is 14.4 Å². The lowest BCUT2D eigenvalue weighted by Crippen LogP contribution is -2.53. The number of benzene rings is 1. The SMILES string of the molecule is CC(C)C[C@H](NC(=O)c1cc2ccccc2o1)C(=O)N[C@H]1CCC(=O)N(C2CCCCC2)CC1=O. The molecule has 3 amide bonds. The van der Waals surface area contributed by atoms with Gasteiger partial charge in [-0.2, -0.15) is 0 Å². The van der Waals surface area contributed by atoms with E-state index in [2.05, 4.69) is 10.6 Å². The number of hydrogen-bond acceptors (Lipinski definition) is 5. The average Bonchev–Trinajstić information content (AvgIpc) is 3.23. The second kappa shape index (κ2) is 11.1.